The van der Waals surface area contributed by atoms with Crippen LogP contribution in [0.4, 0.5) is 17.5 Å². The van der Waals surface area contributed by atoms with Crippen molar-refractivity contribution in [3.05, 3.63) is 35.5 Å². The third-order valence-electron chi connectivity index (χ3n) is 3.68. The third kappa shape index (κ3) is 4.74. The first-order valence-electron chi connectivity index (χ1n) is 7.99. The number of fused-ring (bicyclic) bond motifs is 1. The lowest BCUT2D eigenvalue weighted by Gasteiger charge is -2.11. The van der Waals surface area contributed by atoms with Gasteiger partial charge in [-0.25, -0.2) is 0 Å². The quantitative estimate of drug-likeness (QED) is 0.651. The number of benzene rings is 1. The molecule has 0 fully saturated rings. The number of rotatable bonds is 6. The fourth-order valence-electron chi connectivity index (χ4n) is 2.37. The Bertz CT molecular complexity index is 846. The highest BCUT2D eigenvalue weighted by Crippen LogP contribution is 2.26. The second-order valence-corrected chi connectivity index (χ2v) is 6.58. The molecule has 0 aliphatic carbocycles. The van der Waals surface area contributed by atoms with Gasteiger partial charge in [-0.1, -0.05) is 31.5 Å². The summed E-state index contributed by atoms with van der Waals surface area (Å²) in [5.41, 5.74) is 1.65. The summed E-state index contributed by atoms with van der Waals surface area (Å²) in [6.45, 7) is 5.22. The van der Waals surface area contributed by atoms with Crippen molar-refractivity contribution in [2.45, 2.75) is 20.3 Å². The van der Waals surface area contributed by atoms with Crippen LogP contribution in [0.5, 0.6) is 0 Å². The van der Waals surface area contributed by atoms with E-state index >= 15 is 0 Å². The molecule has 0 radical (unpaired) electrons. The molecule has 134 valence electrons. The van der Waals surface area contributed by atoms with E-state index in [4.69, 9.17) is 11.6 Å². The molecule has 3 rings (SSSR count). The van der Waals surface area contributed by atoms with Crippen LogP contribution in [0.3, 0.4) is 0 Å². The van der Waals surface area contributed by atoms with E-state index in [2.05, 4.69) is 39.5 Å². The Kier molecular flexibility index (Phi) is 6.45. The SMILES string of the molecule is CC(C)CCNc1nc(Nc2cccc(Cl)c2)c2cnn(C)c2n1.Cl. The Hall–Kier alpha value is -2.05. The number of hydrogen-bond acceptors (Lipinski definition) is 5. The van der Waals surface area contributed by atoms with E-state index in [1.807, 2.05) is 31.3 Å². The number of hydrogen-bond donors (Lipinski definition) is 2. The first-order chi connectivity index (χ1) is 11.5. The van der Waals surface area contributed by atoms with E-state index in [-0.39, 0.29) is 12.4 Å². The van der Waals surface area contributed by atoms with Gasteiger partial charge in [0.05, 0.1) is 11.6 Å². The van der Waals surface area contributed by atoms with Gasteiger partial charge >= 0.3 is 0 Å². The Morgan fingerprint density at radius 1 is 1.24 bits per heavy atom. The summed E-state index contributed by atoms with van der Waals surface area (Å²) >= 11 is 6.06. The number of halogens is 2. The number of nitrogens with zero attached hydrogens (tertiary/aromatic N) is 4. The third-order valence-corrected chi connectivity index (χ3v) is 3.92. The Balaban J connectivity index is 0.00000225. The maximum absolute atomic E-state index is 6.06. The fourth-order valence-corrected chi connectivity index (χ4v) is 2.56. The molecule has 0 spiro atoms. The average molecular weight is 381 g/mol. The van der Waals surface area contributed by atoms with Crippen molar-refractivity contribution >= 4 is 52.5 Å². The number of aromatic nitrogens is 4. The van der Waals surface area contributed by atoms with Crippen LogP contribution >= 0.6 is 24.0 Å². The topological polar surface area (TPSA) is 67.7 Å². The van der Waals surface area contributed by atoms with Crippen LogP contribution in [-0.2, 0) is 7.05 Å². The van der Waals surface area contributed by atoms with Crippen molar-refractivity contribution in [2.24, 2.45) is 13.0 Å². The largest absolute Gasteiger partial charge is 0.354 e. The average Bonchev–Trinajstić information content (AvgIpc) is 2.89. The van der Waals surface area contributed by atoms with Crippen LogP contribution in [0.25, 0.3) is 11.0 Å². The van der Waals surface area contributed by atoms with E-state index in [9.17, 15) is 0 Å². The number of nitrogens with one attached hydrogen (secondary N) is 2. The predicted molar refractivity (Wildman–Crippen MR) is 106 cm³/mol. The zero-order chi connectivity index (χ0) is 17.1. The molecule has 0 saturated carbocycles. The van der Waals surface area contributed by atoms with Crippen LogP contribution in [0.1, 0.15) is 20.3 Å². The predicted octanol–water partition coefficient (Wildman–Crippen LogP) is 4.64. The number of aryl methyl sites for hydroxylation is 1. The Labute approximate surface area is 158 Å². The molecule has 2 aromatic heterocycles. The van der Waals surface area contributed by atoms with Crippen molar-refractivity contribution in [2.75, 3.05) is 17.2 Å². The van der Waals surface area contributed by atoms with Crippen molar-refractivity contribution in [3.8, 4) is 0 Å². The zero-order valence-corrected chi connectivity index (χ0v) is 16.0. The molecule has 3 aromatic rings. The lowest BCUT2D eigenvalue weighted by molar-refractivity contribution is 0.606. The van der Waals surface area contributed by atoms with Gasteiger partial charge in [-0.2, -0.15) is 15.1 Å². The van der Waals surface area contributed by atoms with Crippen LogP contribution in [0, 0.1) is 5.92 Å². The van der Waals surface area contributed by atoms with Gasteiger partial charge in [0.25, 0.3) is 0 Å². The minimum Gasteiger partial charge on any atom is -0.354 e. The highest BCUT2D eigenvalue weighted by molar-refractivity contribution is 6.30. The van der Waals surface area contributed by atoms with Gasteiger partial charge in [0.15, 0.2) is 5.65 Å². The van der Waals surface area contributed by atoms with Crippen LogP contribution in [0.2, 0.25) is 5.02 Å². The molecule has 0 bridgehead atoms. The van der Waals surface area contributed by atoms with Gasteiger partial charge in [-0.3, -0.25) is 4.68 Å². The van der Waals surface area contributed by atoms with Crippen molar-refractivity contribution < 1.29 is 0 Å². The van der Waals surface area contributed by atoms with Gasteiger partial charge in [-0.05, 0) is 30.5 Å². The van der Waals surface area contributed by atoms with Crippen LogP contribution in [-0.4, -0.2) is 26.3 Å². The second kappa shape index (κ2) is 8.36. The molecule has 8 heteroatoms. The van der Waals surface area contributed by atoms with E-state index < -0.39 is 0 Å². The van der Waals surface area contributed by atoms with Gasteiger partial charge in [0.2, 0.25) is 5.95 Å². The fraction of sp³-hybridized carbons (Fsp3) is 0.353. The first kappa shape index (κ1) is 19.3. The number of anilines is 3. The van der Waals surface area contributed by atoms with Gasteiger partial charge in [0, 0.05) is 24.3 Å². The maximum atomic E-state index is 6.06. The monoisotopic (exact) mass is 380 g/mol. The molecule has 0 unspecified atom stereocenters. The van der Waals surface area contributed by atoms with Crippen molar-refractivity contribution in [1.29, 1.82) is 0 Å². The molecule has 2 N–H and O–H groups in total. The van der Waals surface area contributed by atoms with Gasteiger partial charge < -0.3 is 10.6 Å². The molecule has 2 heterocycles. The lowest BCUT2D eigenvalue weighted by atomic mass is 10.1. The summed E-state index contributed by atoms with van der Waals surface area (Å²) < 4.78 is 1.74. The Morgan fingerprint density at radius 2 is 2.04 bits per heavy atom. The summed E-state index contributed by atoms with van der Waals surface area (Å²) in [6, 6.07) is 7.54. The Morgan fingerprint density at radius 3 is 2.76 bits per heavy atom. The molecular weight excluding hydrogens is 359 g/mol. The lowest BCUT2D eigenvalue weighted by Crippen LogP contribution is -2.09. The smallest absolute Gasteiger partial charge is 0.226 e. The molecule has 25 heavy (non-hydrogen) atoms. The summed E-state index contributed by atoms with van der Waals surface area (Å²) in [5, 5.41) is 12.4. The van der Waals surface area contributed by atoms with Gasteiger partial charge in [-0.15, -0.1) is 12.4 Å². The van der Waals surface area contributed by atoms with E-state index in [1.165, 1.54) is 0 Å². The maximum Gasteiger partial charge on any atom is 0.226 e. The molecule has 0 aliphatic rings. The highest BCUT2D eigenvalue weighted by Gasteiger charge is 2.12. The second-order valence-electron chi connectivity index (χ2n) is 6.15. The standard InChI is InChI=1S/C17H21ClN6.ClH/c1-11(2)7-8-19-17-22-15(14-10-20-24(3)16(14)23-17)21-13-6-4-5-12(18)9-13;/h4-6,9-11H,7-8H2,1-3H3,(H2,19,21,22,23);1H. The van der Waals surface area contributed by atoms with E-state index in [0.717, 1.165) is 29.7 Å². The molecule has 0 amide bonds. The van der Waals surface area contributed by atoms with Crippen molar-refractivity contribution in [1.82, 2.24) is 19.7 Å². The van der Waals surface area contributed by atoms with Crippen LogP contribution < -0.4 is 10.6 Å². The summed E-state index contributed by atoms with van der Waals surface area (Å²) in [5.74, 6) is 1.93. The molecule has 0 aliphatic heterocycles. The molecular formula is C17H22Cl2N6. The van der Waals surface area contributed by atoms with E-state index in [0.29, 0.717) is 22.7 Å². The minimum atomic E-state index is 0. The summed E-state index contributed by atoms with van der Waals surface area (Å²) in [7, 11) is 1.87. The van der Waals surface area contributed by atoms with Gasteiger partial charge in [0.1, 0.15) is 5.82 Å². The molecule has 0 atom stereocenters. The minimum absolute atomic E-state index is 0. The van der Waals surface area contributed by atoms with Crippen molar-refractivity contribution in [3.63, 3.8) is 0 Å². The summed E-state index contributed by atoms with van der Waals surface area (Å²) in [6.07, 6.45) is 2.82. The highest BCUT2D eigenvalue weighted by atomic mass is 35.5. The molecule has 1 aromatic carbocycles. The normalized spacial score (nSPS) is 10.8. The zero-order valence-electron chi connectivity index (χ0n) is 14.5. The first-order valence-corrected chi connectivity index (χ1v) is 8.37. The van der Waals surface area contributed by atoms with E-state index in [1.54, 1.807) is 10.9 Å². The van der Waals surface area contributed by atoms with Crippen LogP contribution in [0.15, 0.2) is 30.5 Å². The summed E-state index contributed by atoms with van der Waals surface area (Å²) in [4.78, 5) is 9.17. The molecule has 6 nitrogen and oxygen atoms in total. The molecule has 0 saturated heterocycles.